The lowest BCUT2D eigenvalue weighted by Gasteiger charge is -2.20. The highest BCUT2D eigenvalue weighted by Crippen LogP contribution is 2.24. The van der Waals surface area contributed by atoms with Crippen LogP contribution in [0.2, 0.25) is 0 Å². The van der Waals surface area contributed by atoms with Crippen LogP contribution in [0.3, 0.4) is 0 Å². The summed E-state index contributed by atoms with van der Waals surface area (Å²) < 4.78 is 5.54. The molecule has 1 aromatic carbocycles. The van der Waals surface area contributed by atoms with Crippen molar-refractivity contribution in [1.82, 2.24) is 4.98 Å². The van der Waals surface area contributed by atoms with Gasteiger partial charge in [-0.1, -0.05) is 12.1 Å². The van der Waals surface area contributed by atoms with Gasteiger partial charge in [0.2, 0.25) is 0 Å². The van der Waals surface area contributed by atoms with Gasteiger partial charge >= 0.3 is 0 Å². The van der Waals surface area contributed by atoms with Crippen LogP contribution in [-0.4, -0.2) is 30.6 Å². The van der Waals surface area contributed by atoms with Gasteiger partial charge in [-0.2, -0.15) is 0 Å². The normalized spacial score (nSPS) is 10.2. The lowest BCUT2D eigenvalue weighted by Crippen LogP contribution is -2.23. The number of hydrogen-bond acceptors (Lipinski definition) is 4. The van der Waals surface area contributed by atoms with Crippen LogP contribution < -0.4 is 15.0 Å². The monoisotopic (exact) mass is 313 g/mol. The van der Waals surface area contributed by atoms with Gasteiger partial charge in [0.1, 0.15) is 11.6 Å². The molecule has 0 aliphatic heterocycles. The summed E-state index contributed by atoms with van der Waals surface area (Å²) in [5, 5.41) is 2.90. The van der Waals surface area contributed by atoms with Crippen LogP contribution >= 0.6 is 0 Å². The van der Waals surface area contributed by atoms with Crippen LogP contribution in [0.15, 0.2) is 42.6 Å². The molecule has 122 valence electrons. The first-order chi connectivity index (χ1) is 11.2. The molecule has 0 atom stereocenters. The third kappa shape index (κ3) is 4.22. The number of anilines is 2. The summed E-state index contributed by atoms with van der Waals surface area (Å²) in [6.07, 6.45) is 1.66. The number of aromatic nitrogens is 1. The van der Waals surface area contributed by atoms with E-state index in [1.807, 2.05) is 37.3 Å². The van der Waals surface area contributed by atoms with E-state index in [0.717, 1.165) is 18.9 Å². The van der Waals surface area contributed by atoms with Crippen molar-refractivity contribution in [3.63, 3.8) is 0 Å². The quantitative estimate of drug-likeness (QED) is 0.849. The fourth-order valence-corrected chi connectivity index (χ4v) is 2.33. The van der Waals surface area contributed by atoms with E-state index in [1.54, 1.807) is 12.3 Å². The molecule has 0 bridgehead atoms. The number of para-hydroxylation sites is 2. The number of carbonyl (C=O) groups is 1. The minimum atomic E-state index is -0.173. The molecule has 1 heterocycles. The molecule has 0 unspecified atom stereocenters. The highest BCUT2D eigenvalue weighted by atomic mass is 16.5. The molecular weight excluding hydrogens is 290 g/mol. The zero-order chi connectivity index (χ0) is 16.7. The van der Waals surface area contributed by atoms with E-state index < -0.39 is 0 Å². The van der Waals surface area contributed by atoms with Crippen molar-refractivity contribution in [2.75, 3.05) is 29.9 Å². The Morgan fingerprint density at radius 3 is 2.61 bits per heavy atom. The molecule has 0 fully saturated rings. The van der Waals surface area contributed by atoms with E-state index in [0.29, 0.717) is 23.6 Å². The molecule has 1 aromatic heterocycles. The molecule has 0 radical (unpaired) electrons. The Balaban J connectivity index is 2.20. The third-order valence-corrected chi connectivity index (χ3v) is 3.53. The van der Waals surface area contributed by atoms with E-state index in [1.165, 1.54) is 0 Å². The van der Waals surface area contributed by atoms with Crippen LogP contribution in [0, 0.1) is 0 Å². The second-order valence-electron chi connectivity index (χ2n) is 4.96. The largest absolute Gasteiger partial charge is 0.492 e. The SMILES string of the molecule is CCOc1ccccc1NC(=O)c1ccnc(N(CC)CC)c1. The maximum absolute atomic E-state index is 12.5. The van der Waals surface area contributed by atoms with Gasteiger partial charge in [0, 0.05) is 24.8 Å². The van der Waals surface area contributed by atoms with Crippen molar-refractivity contribution in [3.05, 3.63) is 48.2 Å². The number of pyridine rings is 1. The zero-order valence-corrected chi connectivity index (χ0v) is 13.9. The molecule has 0 aliphatic rings. The number of benzene rings is 1. The lowest BCUT2D eigenvalue weighted by atomic mass is 10.2. The predicted octanol–water partition coefficient (Wildman–Crippen LogP) is 3.58. The maximum Gasteiger partial charge on any atom is 0.255 e. The molecule has 5 heteroatoms. The summed E-state index contributed by atoms with van der Waals surface area (Å²) in [4.78, 5) is 19.0. The van der Waals surface area contributed by atoms with E-state index in [2.05, 4.69) is 29.0 Å². The second kappa shape index (κ2) is 8.17. The fraction of sp³-hybridized carbons (Fsp3) is 0.333. The predicted molar refractivity (Wildman–Crippen MR) is 93.4 cm³/mol. The van der Waals surface area contributed by atoms with E-state index in [-0.39, 0.29) is 5.91 Å². The molecule has 0 saturated heterocycles. The van der Waals surface area contributed by atoms with Gasteiger partial charge < -0.3 is 15.0 Å². The van der Waals surface area contributed by atoms with Gasteiger partial charge in [-0.15, -0.1) is 0 Å². The zero-order valence-electron chi connectivity index (χ0n) is 13.9. The van der Waals surface area contributed by atoms with Crippen molar-refractivity contribution in [1.29, 1.82) is 0 Å². The van der Waals surface area contributed by atoms with Gasteiger partial charge in [-0.05, 0) is 45.0 Å². The minimum absolute atomic E-state index is 0.173. The van der Waals surface area contributed by atoms with Crippen LogP contribution in [0.25, 0.3) is 0 Å². The second-order valence-corrected chi connectivity index (χ2v) is 4.96. The van der Waals surface area contributed by atoms with Gasteiger partial charge in [-0.3, -0.25) is 4.79 Å². The molecule has 0 saturated carbocycles. The van der Waals surface area contributed by atoms with Crippen molar-refractivity contribution >= 4 is 17.4 Å². The fourth-order valence-electron chi connectivity index (χ4n) is 2.33. The first kappa shape index (κ1) is 16.8. The number of carbonyl (C=O) groups excluding carboxylic acids is 1. The van der Waals surface area contributed by atoms with Crippen molar-refractivity contribution < 1.29 is 9.53 Å². The smallest absolute Gasteiger partial charge is 0.255 e. The standard InChI is InChI=1S/C18H23N3O2/c1-4-21(5-2)17-13-14(11-12-19-17)18(22)20-15-9-7-8-10-16(15)23-6-3/h7-13H,4-6H2,1-3H3,(H,20,22). The van der Waals surface area contributed by atoms with Crippen LogP contribution in [0.4, 0.5) is 11.5 Å². The number of nitrogens with one attached hydrogen (secondary N) is 1. The Labute approximate surface area is 137 Å². The Kier molecular flexibility index (Phi) is 5.97. The molecule has 2 rings (SSSR count). The first-order valence-corrected chi connectivity index (χ1v) is 7.93. The van der Waals surface area contributed by atoms with E-state index in [9.17, 15) is 4.79 Å². The Morgan fingerprint density at radius 2 is 1.91 bits per heavy atom. The Bertz CT molecular complexity index is 654. The summed E-state index contributed by atoms with van der Waals surface area (Å²) in [6, 6.07) is 10.9. The maximum atomic E-state index is 12.5. The summed E-state index contributed by atoms with van der Waals surface area (Å²) in [7, 11) is 0. The average molecular weight is 313 g/mol. The summed E-state index contributed by atoms with van der Waals surface area (Å²) in [5.74, 6) is 1.30. The third-order valence-electron chi connectivity index (χ3n) is 3.53. The van der Waals surface area contributed by atoms with Crippen LogP contribution in [0.5, 0.6) is 5.75 Å². The lowest BCUT2D eigenvalue weighted by molar-refractivity contribution is 0.102. The Hall–Kier alpha value is -2.56. The van der Waals surface area contributed by atoms with E-state index >= 15 is 0 Å². The minimum Gasteiger partial charge on any atom is -0.492 e. The van der Waals surface area contributed by atoms with Gasteiger partial charge in [-0.25, -0.2) is 4.98 Å². The molecule has 0 aliphatic carbocycles. The summed E-state index contributed by atoms with van der Waals surface area (Å²) >= 11 is 0. The first-order valence-electron chi connectivity index (χ1n) is 7.93. The molecule has 23 heavy (non-hydrogen) atoms. The molecule has 0 spiro atoms. The molecule has 2 aromatic rings. The molecular formula is C18H23N3O2. The van der Waals surface area contributed by atoms with Gasteiger partial charge in [0.25, 0.3) is 5.91 Å². The number of amides is 1. The van der Waals surface area contributed by atoms with E-state index in [4.69, 9.17) is 4.74 Å². The van der Waals surface area contributed by atoms with Crippen LogP contribution in [0.1, 0.15) is 31.1 Å². The van der Waals surface area contributed by atoms with Crippen molar-refractivity contribution in [2.24, 2.45) is 0 Å². The number of hydrogen-bond donors (Lipinski definition) is 1. The summed E-state index contributed by atoms with van der Waals surface area (Å²) in [5.41, 5.74) is 1.24. The number of nitrogens with zero attached hydrogens (tertiary/aromatic N) is 2. The van der Waals surface area contributed by atoms with Gasteiger partial charge in [0.15, 0.2) is 0 Å². The molecule has 1 N–H and O–H groups in total. The number of rotatable bonds is 7. The van der Waals surface area contributed by atoms with Crippen LogP contribution in [-0.2, 0) is 0 Å². The van der Waals surface area contributed by atoms with Crippen molar-refractivity contribution in [2.45, 2.75) is 20.8 Å². The Morgan fingerprint density at radius 1 is 1.17 bits per heavy atom. The van der Waals surface area contributed by atoms with Gasteiger partial charge in [0.05, 0.1) is 12.3 Å². The highest BCUT2D eigenvalue weighted by Gasteiger charge is 2.12. The molecule has 1 amide bonds. The number of ether oxygens (including phenoxy) is 1. The molecule has 5 nitrogen and oxygen atoms in total. The average Bonchev–Trinajstić information content (AvgIpc) is 2.58. The highest BCUT2D eigenvalue weighted by molar-refractivity contribution is 6.05. The summed E-state index contributed by atoms with van der Waals surface area (Å²) in [6.45, 7) is 8.29. The van der Waals surface area contributed by atoms with Crippen molar-refractivity contribution in [3.8, 4) is 5.75 Å². The topological polar surface area (TPSA) is 54.5 Å².